The standard InChI is InChI=1S/C30H22BrN3O6/c1-18-5-7-19(8-6-18)28(35)33-24-4-2-3-20(14-24)29(36)34-32-16-22-13-23(31)10-12-25(22)40-30(37)21-9-11-26-27(15-21)39-17-38-26/h2-16H,17H2,1H3,(H,33,35)(H,34,36). The molecule has 0 aliphatic carbocycles. The molecule has 10 heteroatoms. The third-order valence-electron chi connectivity index (χ3n) is 5.85. The average molecular weight is 600 g/mol. The highest BCUT2D eigenvalue weighted by atomic mass is 79.9. The highest BCUT2D eigenvalue weighted by Crippen LogP contribution is 2.33. The molecule has 2 amide bonds. The first-order valence-corrected chi connectivity index (χ1v) is 12.9. The van der Waals surface area contributed by atoms with Gasteiger partial charge in [-0.15, -0.1) is 0 Å². The fraction of sp³-hybridized carbons (Fsp3) is 0.0667. The number of ether oxygens (including phenoxy) is 3. The summed E-state index contributed by atoms with van der Waals surface area (Å²) in [6, 6.07) is 23.5. The van der Waals surface area contributed by atoms with Gasteiger partial charge in [0.25, 0.3) is 11.8 Å². The van der Waals surface area contributed by atoms with Gasteiger partial charge in [-0.25, -0.2) is 10.2 Å². The Bertz CT molecular complexity index is 1640. The van der Waals surface area contributed by atoms with Gasteiger partial charge in [0.2, 0.25) is 6.79 Å². The van der Waals surface area contributed by atoms with E-state index in [1.807, 2.05) is 19.1 Å². The van der Waals surface area contributed by atoms with E-state index < -0.39 is 11.9 Å². The van der Waals surface area contributed by atoms with E-state index in [1.54, 1.807) is 72.8 Å². The fourth-order valence-corrected chi connectivity index (χ4v) is 4.15. The molecule has 40 heavy (non-hydrogen) atoms. The summed E-state index contributed by atoms with van der Waals surface area (Å²) in [6.45, 7) is 2.04. The Hall–Kier alpha value is -4.96. The second-order valence-corrected chi connectivity index (χ2v) is 9.66. The lowest BCUT2D eigenvalue weighted by atomic mass is 10.1. The Morgan fingerprint density at radius 1 is 0.850 bits per heavy atom. The molecule has 0 spiro atoms. The number of rotatable bonds is 7. The zero-order chi connectivity index (χ0) is 28.1. The molecule has 0 saturated heterocycles. The Labute approximate surface area is 237 Å². The maximum Gasteiger partial charge on any atom is 0.343 e. The zero-order valence-corrected chi connectivity index (χ0v) is 22.7. The number of hydrazone groups is 1. The number of halogens is 1. The van der Waals surface area contributed by atoms with Crippen molar-refractivity contribution in [3.05, 3.63) is 117 Å². The summed E-state index contributed by atoms with van der Waals surface area (Å²) in [5.41, 5.74) is 5.51. The Kier molecular flexibility index (Phi) is 7.88. The fourth-order valence-electron chi connectivity index (χ4n) is 3.77. The van der Waals surface area contributed by atoms with Crippen molar-refractivity contribution in [2.24, 2.45) is 5.10 Å². The summed E-state index contributed by atoms with van der Waals surface area (Å²) >= 11 is 3.39. The predicted molar refractivity (Wildman–Crippen MR) is 152 cm³/mol. The van der Waals surface area contributed by atoms with Crippen LogP contribution in [0.5, 0.6) is 17.2 Å². The molecule has 4 aromatic carbocycles. The molecule has 4 aromatic rings. The Balaban J connectivity index is 1.24. The van der Waals surface area contributed by atoms with Crippen molar-refractivity contribution in [2.75, 3.05) is 12.1 Å². The molecular weight excluding hydrogens is 578 g/mol. The molecule has 0 unspecified atom stereocenters. The van der Waals surface area contributed by atoms with E-state index in [4.69, 9.17) is 14.2 Å². The van der Waals surface area contributed by atoms with Crippen LogP contribution in [0.2, 0.25) is 0 Å². The topological polar surface area (TPSA) is 115 Å². The molecule has 1 heterocycles. The van der Waals surface area contributed by atoms with Crippen LogP contribution in [0, 0.1) is 6.92 Å². The third kappa shape index (κ3) is 6.36. The number of amides is 2. The average Bonchev–Trinajstić information content (AvgIpc) is 3.43. The second-order valence-electron chi connectivity index (χ2n) is 8.74. The molecule has 1 aliphatic heterocycles. The summed E-state index contributed by atoms with van der Waals surface area (Å²) in [5.74, 6) is -0.102. The van der Waals surface area contributed by atoms with Crippen LogP contribution in [0.25, 0.3) is 0 Å². The molecule has 0 atom stereocenters. The van der Waals surface area contributed by atoms with Gasteiger partial charge in [-0.3, -0.25) is 9.59 Å². The van der Waals surface area contributed by atoms with Crippen LogP contribution in [0.15, 0.2) is 94.5 Å². The van der Waals surface area contributed by atoms with E-state index in [-0.39, 0.29) is 24.0 Å². The highest BCUT2D eigenvalue weighted by molar-refractivity contribution is 9.10. The molecule has 0 saturated carbocycles. The first kappa shape index (κ1) is 26.6. The number of nitrogens with one attached hydrogen (secondary N) is 2. The minimum atomic E-state index is -0.594. The van der Waals surface area contributed by atoms with Gasteiger partial charge in [0.1, 0.15) is 5.75 Å². The van der Waals surface area contributed by atoms with Crippen LogP contribution in [0.1, 0.15) is 42.2 Å². The largest absolute Gasteiger partial charge is 0.454 e. The van der Waals surface area contributed by atoms with Crippen LogP contribution in [-0.4, -0.2) is 30.8 Å². The maximum atomic E-state index is 12.8. The van der Waals surface area contributed by atoms with E-state index in [0.29, 0.717) is 33.9 Å². The molecule has 0 aromatic heterocycles. The van der Waals surface area contributed by atoms with Crippen LogP contribution in [-0.2, 0) is 0 Å². The number of hydrogen-bond acceptors (Lipinski definition) is 7. The number of anilines is 1. The molecule has 0 bridgehead atoms. The van der Waals surface area contributed by atoms with Crippen molar-refractivity contribution in [2.45, 2.75) is 6.92 Å². The van der Waals surface area contributed by atoms with Crippen LogP contribution in [0.4, 0.5) is 5.69 Å². The van der Waals surface area contributed by atoms with Gasteiger partial charge in [0, 0.05) is 26.9 Å². The van der Waals surface area contributed by atoms with Gasteiger partial charge in [0.15, 0.2) is 11.5 Å². The number of fused-ring (bicyclic) bond motifs is 1. The monoisotopic (exact) mass is 599 g/mol. The summed E-state index contributed by atoms with van der Waals surface area (Å²) in [4.78, 5) is 38.0. The summed E-state index contributed by atoms with van der Waals surface area (Å²) < 4.78 is 16.9. The van der Waals surface area contributed by atoms with Gasteiger partial charge in [-0.2, -0.15) is 5.10 Å². The Morgan fingerprint density at radius 2 is 1.62 bits per heavy atom. The lowest BCUT2D eigenvalue weighted by Gasteiger charge is -2.09. The Morgan fingerprint density at radius 3 is 2.45 bits per heavy atom. The van der Waals surface area contributed by atoms with E-state index in [0.717, 1.165) is 10.0 Å². The van der Waals surface area contributed by atoms with Gasteiger partial charge in [-0.1, -0.05) is 39.7 Å². The highest BCUT2D eigenvalue weighted by Gasteiger charge is 2.18. The normalized spacial score (nSPS) is 11.8. The van der Waals surface area contributed by atoms with Crippen molar-refractivity contribution in [3.8, 4) is 17.2 Å². The number of esters is 1. The number of carbonyl (C=O) groups is 3. The van der Waals surface area contributed by atoms with Gasteiger partial charge >= 0.3 is 5.97 Å². The predicted octanol–water partition coefficient (Wildman–Crippen LogP) is 5.72. The molecule has 0 radical (unpaired) electrons. The molecule has 1 aliphatic rings. The minimum Gasteiger partial charge on any atom is -0.454 e. The number of hydrogen-bond donors (Lipinski definition) is 2. The first-order chi connectivity index (χ1) is 19.4. The van der Waals surface area contributed by atoms with Crippen molar-refractivity contribution in [3.63, 3.8) is 0 Å². The summed E-state index contributed by atoms with van der Waals surface area (Å²) in [5, 5.41) is 6.82. The maximum absolute atomic E-state index is 12.8. The molecule has 5 rings (SSSR count). The molecular formula is C30H22BrN3O6. The van der Waals surface area contributed by atoms with Gasteiger partial charge in [0.05, 0.1) is 11.8 Å². The third-order valence-corrected chi connectivity index (χ3v) is 6.34. The van der Waals surface area contributed by atoms with E-state index in [2.05, 4.69) is 31.8 Å². The van der Waals surface area contributed by atoms with Crippen LogP contribution >= 0.6 is 15.9 Å². The number of carbonyl (C=O) groups excluding carboxylic acids is 3. The van der Waals surface area contributed by atoms with E-state index in [1.165, 1.54) is 6.21 Å². The molecule has 2 N–H and O–H groups in total. The minimum absolute atomic E-state index is 0.0965. The second kappa shape index (κ2) is 11.8. The SMILES string of the molecule is Cc1ccc(C(=O)Nc2cccc(C(=O)NN=Cc3cc(Br)ccc3OC(=O)c3ccc4c(c3)OCO4)c2)cc1. The molecule has 200 valence electrons. The zero-order valence-electron chi connectivity index (χ0n) is 21.1. The van der Waals surface area contributed by atoms with Gasteiger partial charge in [-0.05, 0) is 73.7 Å². The number of aryl methyl sites for hydroxylation is 1. The van der Waals surface area contributed by atoms with Crippen molar-refractivity contribution < 1.29 is 28.6 Å². The van der Waals surface area contributed by atoms with E-state index >= 15 is 0 Å². The summed E-state index contributed by atoms with van der Waals surface area (Å²) in [6.07, 6.45) is 1.37. The number of benzene rings is 4. The van der Waals surface area contributed by atoms with Crippen LogP contribution in [0.3, 0.4) is 0 Å². The number of nitrogens with zero attached hydrogens (tertiary/aromatic N) is 1. The lowest BCUT2D eigenvalue weighted by molar-refractivity contribution is 0.0733. The van der Waals surface area contributed by atoms with Crippen molar-refractivity contribution in [1.29, 1.82) is 0 Å². The van der Waals surface area contributed by atoms with Crippen LogP contribution < -0.4 is 25.0 Å². The first-order valence-electron chi connectivity index (χ1n) is 12.1. The smallest absolute Gasteiger partial charge is 0.343 e. The molecule has 9 nitrogen and oxygen atoms in total. The summed E-state index contributed by atoms with van der Waals surface area (Å²) in [7, 11) is 0. The van der Waals surface area contributed by atoms with Gasteiger partial charge < -0.3 is 19.5 Å². The van der Waals surface area contributed by atoms with Crippen molar-refractivity contribution in [1.82, 2.24) is 5.43 Å². The quantitative estimate of drug-likeness (QED) is 0.121. The molecule has 0 fully saturated rings. The lowest BCUT2D eigenvalue weighted by Crippen LogP contribution is -2.18. The van der Waals surface area contributed by atoms with Crippen molar-refractivity contribution >= 4 is 45.6 Å². The van der Waals surface area contributed by atoms with E-state index in [9.17, 15) is 14.4 Å².